The minimum absolute atomic E-state index is 0.0877. The van der Waals surface area contributed by atoms with Crippen LogP contribution in [0.4, 0.5) is 4.39 Å². The molecule has 0 N–H and O–H groups in total. The Bertz CT molecular complexity index is 565. The molecular formula is C12H10FNO2S. The molecule has 0 amide bonds. The van der Waals surface area contributed by atoms with Gasteiger partial charge in [0.25, 0.3) is 0 Å². The van der Waals surface area contributed by atoms with Gasteiger partial charge in [0.15, 0.2) is 22.4 Å². The summed E-state index contributed by atoms with van der Waals surface area (Å²) in [7, 11) is 1.41. The van der Waals surface area contributed by atoms with E-state index in [1.54, 1.807) is 11.4 Å². The van der Waals surface area contributed by atoms with Crippen molar-refractivity contribution in [1.29, 1.82) is 0 Å². The van der Waals surface area contributed by atoms with E-state index in [-0.39, 0.29) is 11.5 Å². The van der Waals surface area contributed by atoms with E-state index in [9.17, 15) is 9.18 Å². The molecule has 0 aliphatic carbocycles. The van der Waals surface area contributed by atoms with Gasteiger partial charge in [-0.1, -0.05) is 0 Å². The van der Waals surface area contributed by atoms with Crippen molar-refractivity contribution < 1.29 is 13.9 Å². The molecule has 5 heteroatoms. The number of rotatable bonds is 3. The molecule has 1 aromatic heterocycles. The molecule has 88 valence electrons. The fourth-order valence-corrected chi connectivity index (χ4v) is 2.12. The molecule has 3 nitrogen and oxygen atoms in total. The van der Waals surface area contributed by atoms with Gasteiger partial charge < -0.3 is 4.74 Å². The average Bonchev–Trinajstić information content (AvgIpc) is 2.78. The Morgan fingerprint density at radius 2 is 2.24 bits per heavy atom. The molecule has 0 spiro atoms. The zero-order valence-electron chi connectivity index (χ0n) is 9.36. The quantitative estimate of drug-likeness (QED) is 0.786. The molecule has 0 aliphatic rings. The summed E-state index contributed by atoms with van der Waals surface area (Å²) in [5, 5.41) is 2.16. The fourth-order valence-electron chi connectivity index (χ4n) is 1.39. The van der Waals surface area contributed by atoms with E-state index >= 15 is 0 Å². The van der Waals surface area contributed by atoms with Crippen molar-refractivity contribution in [3.05, 3.63) is 34.4 Å². The van der Waals surface area contributed by atoms with Crippen LogP contribution in [0.5, 0.6) is 5.75 Å². The lowest BCUT2D eigenvalue weighted by atomic mass is 10.1. The Morgan fingerprint density at radius 3 is 2.76 bits per heavy atom. The number of ether oxygens (including phenoxy) is 1. The number of Topliss-reactive ketones (excluding diaryl/α,β-unsaturated/α-hetero) is 1. The second kappa shape index (κ2) is 4.63. The van der Waals surface area contributed by atoms with Gasteiger partial charge in [0, 0.05) is 17.9 Å². The predicted octanol–water partition coefficient (Wildman–Crippen LogP) is 3.16. The Morgan fingerprint density at radius 1 is 1.47 bits per heavy atom. The Kier molecular flexibility index (Phi) is 3.19. The molecule has 0 fully saturated rings. The molecule has 0 unspecified atom stereocenters. The van der Waals surface area contributed by atoms with Crippen molar-refractivity contribution in [2.75, 3.05) is 7.11 Å². The SMILES string of the molecule is COc1ccc(-c2csc(C(C)=O)n2)cc1F. The monoisotopic (exact) mass is 251 g/mol. The first-order valence-corrected chi connectivity index (χ1v) is 5.80. The van der Waals surface area contributed by atoms with Crippen molar-refractivity contribution >= 4 is 17.1 Å². The molecule has 2 rings (SSSR count). The second-order valence-electron chi connectivity index (χ2n) is 3.44. The minimum atomic E-state index is -0.442. The zero-order chi connectivity index (χ0) is 12.4. The Hall–Kier alpha value is -1.75. The summed E-state index contributed by atoms with van der Waals surface area (Å²) in [5.74, 6) is -0.339. The van der Waals surface area contributed by atoms with E-state index in [1.165, 1.54) is 37.5 Å². The Labute approximate surface area is 102 Å². The maximum absolute atomic E-state index is 13.5. The average molecular weight is 251 g/mol. The number of aromatic nitrogens is 1. The van der Waals surface area contributed by atoms with Crippen molar-refractivity contribution in [1.82, 2.24) is 4.98 Å². The Balaban J connectivity index is 2.39. The molecule has 0 radical (unpaired) electrons. The van der Waals surface area contributed by atoms with E-state index < -0.39 is 5.82 Å². The fraction of sp³-hybridized carbons (Fsp3) is 0.167. The molecule has 1 aromatic carbocycles. The summed E-state index contributed by atoms with van der Waals surface area (Å²) in [4.78, 5) is 15.2. The van der Waals surface area contributed by atoms with Crippen LogP contribution in [0.15, 0.2) is 23.6 Å². The number of carbonyl (C=O) groups excluding carboxylic acids is 1. The number of hydrogen-bond donors (Lipinski definition) is 0. The summed E-state index contributed by atoms with van der Waals surface area (Å²) in [6.45, 7) is 1.46. The third kappa shape index (κ3) is 2.34. The van der Waals surface area contributed by atoms with Gasteiger partial charge >= 0.3 is 0 Å². The normalized spacial score (nSPS) is 10.3. The van der Waals surface area contributed by atoms with Crippen LogP contribution in [-0.2, 0) is 0 Å². The number of carbonyl (C=O) groups is 1. The highest BCUT2D eigenvalue weighted by Gasteiger charge is 2.10. The maximum Gasteiger partial charge on any atom is 0.188 e. The highest BCUT2D eigenvalue weighted by atomic mass is 32.1. The molecule has 17 heavy (non-hydrogen) atoms. The third-order valence-corrected chi connectivity index (χ3v) is 3.20. The lowest BCUT2D eigenvalue weighted by Crippen LogP contribution is -1.91. The molecule has 0 bridgehead atoms. The number of nitrogens with zero attached hydrogens (tertiary/aromatic N) is 1. The van der Waals surface area contributed by atoms with Crippen molar-refractivity contribution in [3.63, 3.8) is 0 Å². The van der Waals surface area contributed by atoms with Gasteiger partial charge in [-0.15, -0.1) is 11.3 Å². The van der Waals surface area contributed by atoms with Gasteiger partial charge in [0.1, 0.15) is 0 Å². The molecule has 1 heterocycles. The molecular weight excluding hydrogens is 241 g/mol. The molecule has 2 aromatic rings. The second-order valence-corrected chi connectivity index (χ2v) is 4.30. The van der Waals surface area contributed by atoms with Gasteiger partial charge in [-0.25, -0.2) is 9.37 Å². The molecule has 0 saturated heterocycles. The third-order valence-electron chi connectivity index (χ3n) is 2.25. The first-order valence-electron chi connectivity index (χ1n) is 4.92. The van der Waals surface area contributed by atoms with E-state index in [2.05, 4.69) is 4.98 Å². The predicted molar refractivity (Wildman–Crippen MR) is 64.1 cm³/mol. The topological polar surface area (TPSA) is 39.2 Å². The number of hydrogen-bond acceptors (Lipinski definition) is 4. The van der Waals surface area contributed by atoms with Crippen LogP contribution in [0.2, 0.25) is 0 Å². The minimum Gasteiger partial charge on any atom is -0.494 e. The number of halogens is 1. The maximum atomic E-state index is 13.5. The molecule has 0 aliphatic heterocycles. The highest BCUT2D eigenvalue weighted by Crippen LogP contribution is 2.26. The van der Waals surface area contributed by atoms with Crippen LogP contribution in [0, 0.1) is 5.82 Å². The number of methoxy groups -OCH3 is 1. The van der Waals surface area contributed by atoms with E-state index in [4.69, 9.17) is 4.74 Å². The molecule has 0 saturated carbocycles. The first-order chi connectivity index (χ1) is 8.11. The van der Waals surface area contributed by atoms with Gasteiger partial charge in [-0.3, -0.25) is 4.79 Å². The zero-order valence-corrected chi connectivity index (χ0v) is 10.2. The van der Waals surface area contributed by atoms with Gasteiger partial charge in [0.2, 0.25) is 0 Å². The van der Waals surface area contributed by atoms with Crippen molar-refractivity contribution in [3.8, 4) is 17.0 Å². The van der Waals surface area contributed by atoms with Crippen LogP contribution in [-0.4, -0.2) is 17.9 Å². The standard InChI is InChI=1S/C12H10FNO2S/c1-7(15)12-14-10(6-17-12)8-3-4-11(16-2)9(13)5-8/h3-6H,1-2H3. The summed E-state index contributed by atoms with van der Waals surface area (Å²) < 4.78 is 18.3. The summed E-state index contributed by atoms with van der Waals surface area (Å²) in [5.41, 5.74) is 1.23. The number of benzene rings is 1. The van der Waals surface area contributed by atoms with Gasteiger partial charge in [-0.2, -0.15) is 0 Å². The van der Waals surface area contributed by atoms with Crippen LogP contribution >= 0.6 is 11.3 Å². The number of ketones is 1. The summed E-state index contributed by atoms with van der Waals surface area (Å²) in [6, 6.07) is 4.59. The van der Waals surface area contributed by atoms with Crippen LogP contribution in [0.3, 0.4) is 0 Å². The lowest BCUT2D eigenvalue weighted by molar-refractivity contribution is 0.101. The van der Waals surface area contributed by atoms with Crippen molar-refractivity contribution in [2.45, 2.75) is 6.92 Å². The van der Waals surface area contributed by atoms with Crippen molar-refractivity contribution in [2.24, 2.45) is 0 Å². The summed E-state index contributed by atoms with van der Waals surface area (Å²) in [6.07, 6.45) is 0. The van der Waals surface area contributed by atoms with Crippen LogP contribution < -0.4 is 4.74 Å². The van der Waals surface area contributed by atoms with E-state index in [0.717, 1.165) is 0 Å². The largest absolute Gasteiger partial charge is 0.494 e. The molecule has 0 atom stereocenters. The smallest absolute Gasteiger partial charge is 0.188 e. The highest BCUT2D eigenvalue weighted by molar-refractivity contribution is 7.12. The lowest BCUT2D eigenvalue weighted by Gasteiger charge is -2.02. The first kappa shape index (κ1) is 11.7. The van der Waals surface area contributed by atoms with E-state index in [1.807, 2.05) is 0 Å². The van der Waals surface area contributed by atoms with E-state index in [0.29, 0.717) is 16.3 Å². The van der Waals surface area contributed by atoms with Gasteiger partial charge in [0.05, 0.1) is 12.8 Å². The number of thiazole rings is 1. The van der Waals surface area contributed by atoms with Gasteiger partial charge in [-0.05, 0) is 18.2 Å². The summed E-state index contributed by atoms with van der Waals surface area (Å²) >= 11 is 1.25. The van der Waals surface area contributed by atoms with Crippen LogP contribution in [0.25, 0.3) is 11.3 Å². The van der Waals surface area contributed by atoms with Crippen LogP contribution in [0.1, 0.15) is 16.7 Å².